The summed E-state index contributed by atoms with van der Waals surface area (Å²) in [7, 11) is 2.14. The molecule has 39 heavy (non-hydrogen) atoms. The van der Waals surface area contributed by atoms with Gasteiger partial charge in [-0.2, -0.15) is 15.2 Å². The summed E-state index contributed by atoms with van der Waals surface area (Å²) in [6.07, 6.45) is 1.61. The molecule has 4 aromatic rings. The van der Waals surface area contributed by atoms with E-state index in [2.05, 4.69) is 58.0 Å². The smallest absolute Gasteiger partial charge is 0.277 e. The van der Waals surface area contributed by atoms with Crippen LogP contribution in [0.1, 0.15) is 37.0 Å². The lowest BCUT2D eigenvalue weighted by Gasteiger charge is -2.35. The second kappa shape index (κ2) is 9.55. The molecule has 1 fully saturated rings. The number of amides is 1. The van der Waals surface area contributed by atoms with Crippen LogP contribution in [-0.4, -0.2) is 70.5 Å². The van der Waals surface area contributed by atoms with Crippen LogP contribution in [0.25, 0.3) is 22.3 Å². The summed E-state index contributed by atoms with van der Waals surface area (Å²) in [5.74, 6) is 0.364. The van der Waals surface area contributed by atoms with Crippen LogP contribution in [0, 0.1) is 16.7 Å². The van der Waals surface area contributed by atoms with Crippen molar-refractivity contribution in [3.8, 4) is 17.3 Å². The maximum absolute atomic E-state index is 14.0. The fourth-order valence-corrected chi connectivity index (χ4v) is 5.81. The molecule has 0 unspecified atom stereocenters. The Bertz CT molecular complexity index is 1590. The van der Waals surface area contributed by atoms with Crippen LogP contribution in [0.5, 0.6) is 0 Å². The van der Waals surface area contributed by atoms with Crippen LogP contribution in [0.2, 0.25) is 0 Å². The molecule has 1 saturated heterocycles. The van der Waals surface area contributed by atoms with Gasteiger partial charge < -0.3 is 9.80 Å². The Kier molecular flexibility index (Phi) is 6.16. The zero-order valence-electron chi connectivity index (χ0n) is 22.4. The lowest BCUT2D eigenvalue weighted by atomic mass is 9.97. The summed E-state index contributed by atoms with van der Waals surface area (Å²) in [4.78, 5) is 36.7. The van der Waals surface area contributed by atoms with Gasteiger partial charge in [0.05, 0.1) is 16.8 Å². The molecule has 0 saturated carbocycles. The number of pyridine rings is 1. The summed E-state index contributed by atoms with van der Waals surface area (Å²) in [5, 5.41) is 16.8. The number of carbonyl (C=O) groups excluding carboxylic acids is 1. The van der Waals surface area contributed by atoms with Gasteiger partial charge in [-0.25, -0.2) is 15.0 Å². The van der Waals surface area contributed by atoms with E-state index < -0.39 is 0 Å². The van der Waals surface area contributed by atoms with E-state index in [0.29, 0.717) is 34.6 Å². The number of nitrogens with zero attached hydrogens (tertiary/aromatic N) is 9. The molecule has 11 heteroatoms. The third-order valence-electron chi connectivity index (χ3n) is 6.88. The minimum absolute atomic E-state index is 0.0268. The zero-order valence-corrected chi connectivity index (χ0v) is 23.2. The van der Waals surface area contributed by atoms with Crippen LogP contribution >= 0.6 is 11.3 Å². The van der Waals surface area contributed by atoms with Gasteiger partial charge in [-0.05, 0) is 30.7 Å². The molecule has 0 aliphatic carbocycles. The number of anilines is 3. The van der Waals surface area contributed by atoms with E-state index >= 15 is 0 Å². The average Bonchev–Trinajstić information content (AvgIpc) is 3.53. The lowest BCUT2D eigenvalue weighted by Crippen LogP contribution is -2.48. The van der Waals surface area contributed by atoms with E-state index in [0.717, 1.165) is 42.6 Å². The molecule has 5 heterocycles. The van der Waals surface area contributed by atoms with E-state index in [1.54, 1.807) is 28.6 Å². The van der Waals surface area contributed by atoms with Crippen molar-refractivity contribution >= 4 is 44.9 Å². The maximum atomic E-state index is 14.0. The normalized spacial score (nSPS) is 15.7. The molecule has 3 aromatic heterocycles. The summed E-state index contributed by atoms with van der Waals surface area (Å²) in [5.41, 5.74) is 3.32. The molecule has 10 nitrogen and oxygen atoms in total. The summed E-state index contributed by atoms with van der Waals surface area (Å²) in [6, 6.07) is 11.4. The summed E-state index contributed by atoms with van der Waals surface area (Å²) < 4.78 is 0. The van der Waals surface area contributed by atoms with Crippen molar-refractivity contribution in [1.82, 2.24) is 24.8 Å². The van der Waals surface area contributed by atoms with Gasteiger partial charge in [0.2, 0.25) is 5.82 Å². The Morgan fingerprint density at radius 1 is 1.05 bits per heavy atom. The molecule has 2 aliphatic heterocycles. The van der Waals surface area contributed by atoms with Gasteiger partial charge in [-0.1, -0.05) is 32.9 Å². The number of hydrogen-bond acceptors (Lipinski definition) is 10. The molecule has 0 atom stereocenters. The molecular formula is C28H29N9OS. The van der Waals surface area contributed by atoms with Gasteiger partial charge in [0.1, 0.15) is 6.07 Å². The number of likely N-dealkylation sites (N-methyl/N-ethyl adjacent to an activating group) is 1. The van der Waals surface area contributed by atoms with Gasteiger partial charge in [0, 0.05) is 55.4 Å². The number of rotatable bonds is 4. The van der Waals surface area contributed by atoms with E-state index in [-0.39, 0.29) is 17.1 Å². The van der Waals surface area contributed by atoms with Crippen molar-refractivity contribution in [3.05, 3.63) is 53.3 Å². The largest absolute Gasteiger partial charge is 0.346 e. The third kappa shape index (κ3) is 4.66. The molecule has 0 bridgehead atoms. The Hall–Kier alpha value is -4.14. The molecule has 2 aliphatic rings. The molecule has 0 N–H and O–H groups in total. The van der Waals surface area contributed by atoms with Crippen molar-refractivity contribution in [1.29, 1.82) is 5.26 Å². The van der Waals surface area contributed by atoms with Gasteiger partial charge >= 0.3 is 0 Å². The monoisotopic (exact) mass is 539 g/mol. The van der Waals surface area contributed by atoms with Gasteiger partial charge in [0.15, 0.2) is 16.6 Å². The number of aromatic nitrogens is 4. The van der Waals surface area contributed by atoms with E-state index in [4.69, 9.17) is 4.98 Å². The number of thiazole rings is 1. The van der Waals surface area contributed by atoms with E-state index in [9.17, 15) is 10.1 Å². The first-order valence-corrected chi connectivity index (χ1v) is 13.8. The van der Waals surface area contributed by atoms with Crippen molar-refractivity contribution in [2.75, 3.05) is 54.7 Å². The summed E-state index contributed by atoms with van der Waals surface area (Å²) >= 11 is 1.65. The van der Waals surface area contributed by atoms with Crippen LogP contribution in [0.3, 0.4) is 0 Å². The van der Waals surface area contributed by atoms with Crippen LogP contribution in [0.15, 0.2) is 41.9 Å². The Labute approximate surface area is 231 Å². The van der Waals surface area contributed by atoms with E-state index in [1.807, 2.05) is 35.3 Å². The third-order valence-corrected chi connectivity index (χ3v) is 7.78. The second-order valence-corrected chi connectivity index (χ2v) is 12.0. The molecule has 0 radical (unpaired) electrons. The molecule has 0 spiro atoms. The highest BCUT2D eigenvalue weighted by molar-refractivity contribution is 7.14. The minimum atomic E-state index is -0.189. The number of benzene rings is 1. The predicted octanol–water partition coefficient (Wildman–Crippen LogP) is 4.20. The minimum Gasteiger partial charge on any atom is -0.346 e. The topological polar surface area (TPSA) is 105 Å². The Balaban J connectivity index is 1.31. The van der Waals surface area contributed by atoms with Crippen molar-refractivity contribution < 1.29 is 4.79 Å². The van der Waals surface area contributed by atoms with Crippen LogP contribution < -0.4 is 14.9 Å². The summed E-state index contributed by atoms with van der Waals surface area (Å²) in [6.45, 7) is 10.8. The molecular weight excluding hydrogens is 510 g/mol. The first-order chi connectivity index (χ1) is 18.7. The fraction of sp³-hybridized carbons (Fsp3) is 0.357. The Morgan fingerprint density at radius 3 is 2.49 bits per heavy atom. The maximum Gasteiger partial charge on any atom is 0.277 e. The SMILES string of the molecule is CN1CCN(c2nc(-c3ccc(C(=O)N4c5ccnc6nc(C#N)nc(c56)N4CC(C)(C)C)cc3)cs2)CC1. The molecule has 6 rings (SSSR count). The standard InChI is InChI=1S/C28H29N9OS/c1-28(2,3)17-36-25-23-21(9-10-30-24(23)32-22(15-29)33-25)37(36)26(38)19-7-5-18(6-8-19)20-16-39-27(31-20)35-13-11-34(4)12-14-35/h5-10,16H,11-14,17H2,1-4H3. The highest BCUT2D eigenvalue weighted by Gasteiger charge is 2.38. The Morgan fingerprint density at radius 2 is 1.79 bits per heavy atom. The lowest BCUT2D eigenvalue weighted by molar-refractivity contribution is 0.0983. The van der Waals surface area contributed by atoms with Gasteiger partial charge in [0.25, 0.3) is 5.91 Å². The first-order valence-electron chi connectivity index (χ1n) is 12.9. The van der Waals surface area contributed by atoms with Crippen LogP contribution in [0.4, 0.5) is 16.6 Å². The highest BCUT2D eigenvalue weighted by Crippen LogP contribution is 2.42. The van der Waals surface area contributed by atoms with Crippen molar-refractivity contribution in [2.24, 2.45) is 5.41 Å². The number of nitriles is 1. The van der Waals surface area contributed by atoms with Gasteiger partial charge in [-0.3, -0.25) is 9.80 Å². The number of hydrogen-bond donors (Lipinski definition) is 0. The van der Waals surface area contributed by atoms with E-state index in [1.165, 1.54) is 0 Å². The fourth-order valence-electron chi connectivity index (χ4n) is 4.92. The van der Waals surface area contributed by atoms with Crippen molar-refractivity contribution in [2.45, 2.75) is 20.8 Å². The van der Waals surface area contributed by atoms with Crippen molar-refractivity contribution in [3.63, 3.8) is 0 Å². The number of carbonyl (C=O) groups is 1. The first kappa shape index (κ1) is 25.2. The molecule has 1 aromatic carbocycles. The molecule has 198 valence electrons. The quantitative estimate of drug-likeness (QED) is 0.377. The highest BCUT2D eigenvalue weighted by atomic mass is 32.1. The number of piperazine rings is 1. The molecule has 1 amide bonds. The predicted molar refractivity (Wildman–Crippen MR) is 153 cm³/mol. The van der Waals surface area contributed by atoms with Crippen LogP contribution in [-0.2, 0) is 0 Å². The van der Waals surface area contributed by atoms with Gasteiger partial charge in [-0.15, -0.1) is 11.3 Å². The second-order valence-electron chi connectivity index (χ2n) is 11.1. The zero-order chi connectivity index (χ0) is 27.3. The number of hydrazine groups is 1. The average molecular weight is 540 g/mol.